The highest BCUT2D eigenvalue weighted by molar-refractivity contribution is 7.09. The molecule has 3 aromatic heterocycles. The average Bonchev–Trinajstić information content (AvgIpc) is 3.75. The molecule has 1 aromatic carbocycles. The van der Waals surface area contributed by atoms with Crippen molar-refractivity contribution in [2.45, 2.75) is 46.2 Å². The molecule has 4 heterocycles. The molecule has 230 valence electrons. The van der Waals surface area contributed by atoms with E-state index in [0.717, 1.165) is 5.56 Å². The Morgan fingerprint density at radius 2 is 1.84 bits per heavy atom. The number of fused-ring (bicyclic) bond motifs is 4. The standard InChI is InChI=1S/C30H34N8O5S/c1-16(2)25-29-34-22(15-44-29)27(41)32-20(12-19-8-6-5-7-9-19)28-33-21(14-43-28)26(40)31-10-11-38(13-23(39)35-25)30(42)24-17(3)36-37-18(24)4/h5-9,14-16,20,25H,10-13H2,1-4H3,(H,31,40)(H,32,41)(H,35,39)(H,36,37)/t20-,25-/m0/s1. The van der Waals surface area contributed by atoms with E-state index in [-0.39, 0.29) is 42.8 Å². The zero-order valence-electron chi connectivity index (χ0n) is 24.8. The summed E-state index contributed by atoms with van der Waals surface area (Å²) in [6.07, 6.45) is 1.59. The Balaban J connectivity index is 1.48. The van der Waals surface area contributed by atoms with Crippen LogP contribution in [0.25, 0.3) is 0 Å². The van der Waals surface area contributed by atoms with Gasteiger partial charge < -0.3 is 25.3 Å². The molecule has 1 aliphatic heterocycles. The van der Waals surface area contributed by atoms with Crippen LogP contribution in [-0.2, 0) is 11.2 Å². The lowest BCUT2D eigenvalue weighted by Crippen LogP contribution is -2.45. The predicted octanol–water partition coefficient (Wildman–Crippen LogP) is 2.88. The smallest absolute Gasteiger partial charge is 0.273 e. The molecule has 0 aliphatic carbocycles. The number of amides is 4. The number of aromatic amines is 1. The third kappa shape index (κ3) is 6.86. The summed E-state index contributed by atoms with van der Waals surface area (Å²) in [5.41, 5.74) is 2.57. The summed E-state index contributed by atoms with van der Waals surface area (Å²) in [6, 6.07) is 8.33. The Morgan fingerprint density at radius 1 is 1.07 bits per heavy atom. The van der Waals surface area contributed by atoms with Gasteiger partial charge in [-0.05, 0) is 25.3 Å². The molecular weight excluding hydrogens is 584 g/mol. The number of carbonyl (C=O) groups is 4. The number of benzene rings is 1. The molecule has 0 saturated heterocycles. The maximum atomic E-state index is 13.6. The number of rotatable bonds is 4. The van der Waals surface area contributed by atoms with Crippen LogP contribution in [0.3, 0.4) is 0 Å². The highest BCUT2D eigenvalue weighted by atomic mass is 32.1. The molecule has 4 N–H and O–H groups in total. The molecule has 1 aliphatic rings. The maximum Gasteiger partial charge on any atom is 0.273 e. The van der Waals surface area contributed by atoms with E-state index in [0.29, 0.717) is 28.4 Å². The second-order valence-electron chi connectivity index (χ2n) is 10.9. The van der Waals surface area contributed by atoms with Crippen molar-refractivity contribution in [1.29, 1.82) is 0 Å². The number of thiazole rings is 1. The zero-order valence-corrected chi connectivity index (χ0v) is 25.7. The van der Waals surface area contributed by atoms with Gasteiger partial charge in [0.25, 0.3) is 17.7 Å². The van der Waals surface area contributed by atoms with Gasteiger partial charge >= 0.3 is 0 Å². The summed E-state index contributed by atoms with van der Waals surface area (Å²) in [7, 11) is 0. The van der Waals surface area contributed by atoms with Gasteiger partial charge in [0.15, 0.2) is 5.69 Å². The number of hydrogen-bond donors (Lipinski definition) is 4. The van der Waals surface area contributed by atoms with Crippen LogP contribution < -0.4 is 16.0 Å². The Hall–Kier alpha value is -4.85. The summed E-state index contributed by atoms with van der Waals surface area (Å²) >= 11 is 1.26. The molecule has 4 amide bonds. The van der Waals surface area contributed by atoms with Crippen molar-refractivity contribution in [3.05, 3.63) is 86.8 Å². The number of hydrogen-bond acceptors (Lipinski definition) is 9. The summed E-state index contributed by atoms with van der Waals surface area (Å²) in [6.45, 7) is 7.14. The van der Waals surface area contributed by atoms with Gasteiger partial charge in [-0.3, -0.25) is 24.3 Å². The van der Waals surface area contributed by atoms with Gasteiger partial charge in [0, 0.05) is 30.6 Å². The lowest BCUT2D eigenvalue weighted by molar-refractivity contribution is -0.122. The first-order valence-corrected chi connectivity index (χ1v) is 15.1. The molecule has 2 atom stereocenters. The summed E-state index contributed by atoms with van der Waals surface area (Å²) in [5, 5.41) is 17.8. The quantitative estimate of drug-likeness (QED) is 0.270. The molecule has 13 nitrogen and oxygen atoms in total. The van der Waals surface area contributed by atoms with Crippen LogP contribution in [0.15, 0.2) is 46.4 Å². The lowest BCUT2D eigenvalue weighted by Gasteiger charge is -2.25. The third-order valence-electron chi connectivity index (χ3n) is 7.28. The van der Waals surface area contributed by atoms with Crippen molar-refractivity contribution in [2.24, 2.45) is 5.92 Å². The minimum absolute atomic E-state index is 0.0151. The van der Waals surface area contributed by atoms with E-state index in [2.05, 4.69) is 36.1 Å². The van der Waals surface area contributed by atoms with E-state index in [1.807, 2.05) is 44.2 Å². The van der Waals surface area contributed by atoms with E-state index in [9.17, 15) is 19.2 Å². The van der Waals surface area contributed by atoms with Crippen molar-refractivity contribution in [3.63, 3.8) is 0 Å². The van der Waals surface area contributed by atoms with Crippen LogP contribution in [0, 0.1) is 19.8 Å². The van der Waals surface area contributed by atoms with Gasteiger partial charge in [0.05, 0.1) is 23.8 Å². The van der Waals surface area contributed by atoms with E-state index in [1.165, 1.54) is 22.5 Å². The minimum Gasteiger partial charge on any atom is -0.446 e. The number of aromatic nitrogens is 4. The highest BCUT2D eigenvalue weighted by Crippen LogP contribution is 2.26. The number of nitrogens with zero attached hydrogens (tertiary/aromatic N) is 4. The monoisotopic (exact) mass is 618 g/mol. The largest absolute Gasteiger partial charge is 0.446 e. The first-order valence-electron chi connectivity index (χ1n) is 14.2. The van der Waals surface area contributed by atoms with Crippen LogP contribution in [-0.4, -0.2) is 68.3 Å². The Labute approximate surface area is 257 Å². The Kier molecular flexibility index (Phi) is 9.18. The van der Waals surface area contributed by atoms with Crippen LogP contribution in [0.5, 0.6) is 0 Å². The molecule has 5 rings (SSSR count). The summed E-state index contributed by atoms with van der Waals surface area (Å²) < 4.78 is 5.68. The number of nitrogens with one attached hydrogen (secondary N) is 4. The normalized spacial score (nSPS) is 18.3. The van der Waals surface area contributed by atoms with Gasteiger partial charge in [0.2, 0.25) is 11.8 Å². The topological polar surface area (TPSA) is 175 Å². The van der Waals surface area contributed by atoms with Crippen molar-refractivity contribution in [2.75, 3.05) is 19.6 Å². The van der Waals surface area contributed by atoms with Crippen LogP contribution >= 0.6 is 11.3 Å². The van der Waals surface area contributed by atoms with Gasteiger partial charge in [0.1, 0.15) is 23.0 Å². The fraction of sp³-hybridized carbons (Fsp3) is 0.367. The fourth-order valence-corrected chi connectivity index (χ4v) is 5.97. The molecule has 4 aromatic rings. The van der Waals surface area contributed by atoms with E-state index >= 15 is 0 Å². The van der Waals surface area contributed by atoms with E-state index in [1.54, 1.807) is 19.2 Å². The molecule has 0 spiro atoms. The van der Waals surface area contributed by atoms with E-state index in [4.69, 9.17) is 4.42 Å². The SMILES string of the molecule is Cc1n[nH]c(C)c1C(=O)N1CCNC(=O)c2coc(n2)[C@H](Cc2ccccc2)NC(=O)c2csc(n2)[C@H](C(C)C)NC(=O)C1. The molecule has 4 bridgehead atoms. The molecular formula is C30H34N8O5S. The molecule has 0 unspecified atom stereocenters. The van der Waals surface area contributed by atoms with Crippen LogP contribution in [0.2, 0.25) is 0 Å². The average molecular weight is 619 g/mol. The van der Waals surface area contributed by atoms with E-state index < -0.39 is 35.7 Å². The van der Waals surface area contributed by atoms with Crippen LogP contribution in [0.4, 0.5) is 0 Å². The van der Waals surface area contributed by atoms with Gasteiger partial charge in [-0.1, -0.05) is 44.2 Å². The Morgan fingerprint density at radius 3 is 2.55 bits per heavy atom. The second-order valence-corrected chi connectivity index (χ2v) is 11.8. The first kappa shape index (κ1) is 30.6. The summed E-state index contributed by atoms with van der Waals surface area (Å²) in [5.74, 6) is -1.68. The number of aryl methyl sites for hydroxylation is 2. The van der Waals surface area contributed by atoms with Crippen molar-refractivity contribution in [1.82, 2.24) is 41.0 Å². The van der Waals surface area contributed by atoms with Crippen LogP contribution in [0.1, 0.15) is 85.1 Å². The maximum absolute atomic E-state index is 13.6. The predicted molar refractivity (Wildman–Crippen MR) is 161 cm³/mol. The molecule has 44 heavy (non-hydrogen) atoms. The fourth-order valence-electron chi connectivity index (χ4n) is 4.95. The number of H-pyrrole nitrogens is 1. The second kappa shape index (κ2) is 13.2. The Bertz CT molecular complexity index is 1640. The molecule has 0 fully saturated rings. The number of oxazole rings is 1. The highest BCUT2D eigenvalue weighted by Gasteiger charge is 2.29. The van der Waals surface area contributed by atoms with Crippen molar-refractivity contribution < 1.29 is 23.6 Å². The van der Waals surface area contributed by atoms with Gasteiger partial charge in [-0.2, -0.15) is 5.10 Å². The molecule has 0 radical (unpaired) electrons. The third-order valence-corrected chi connectivity index (χ3v) is 8.20. The number of carbonyl (C=O) groups excluding carboxylic acids is 4. The molecule has 14 heteroatoms. The van der Waals surface area contributed by atoms with Crippen molar-refractivity contribution >= 4 is 35.0 Å². The lowest BCUT2D eigenvalue weighted by atomic mass is 10.0. The van der Waals surface area contributed by atoms with Gasteiger partial charge in [-0.15, -0.1) is 11.3 Å². The zero-order chi connectivity index (χ0) is 31.4. The minimum atomic E-state index is -0.689. The molecule has 0 saturated carbocycles. The first-order chi connectivity index (χ1) is 21.1. The van der Waals surface area contributed by atoms with Crippen molar-refractivity contribution in [3.8, 4) is 0 Å². The van der Waals surface area contributed by atoms with Gasteiger partial charge in [-0.25, -0.2) is 9.97 Å². The summed E-state index contributed by atoms with van der Waals surface area (Å²) in [4.78, 5) is 63.6.